The van der Waals surface area contributed by atoms with E-state index in [-0.39, 0.29) is 5.52 Å². The highest BCUT2D eigenvalue weighted by Crippen LogP contribution is 2.32. The number of rotatable bonds is 2. The number of halogens is 3. The number of hydrogen-bond donors (Lipinski definition) is 1. The Morgan fingerprint density at radius 1 is 1.39 bits per heavy atom. The van der Waals surface area contributed by atoms with Crippen molar-refractivity contribution in [3.05, 3.63) is 29.6 Å². The van der Waals surface area contributed by atoms with Crippen molar-refractivity contribution in [3.63, 3.8) is 0 Å². The van der Waals surface area contributed by atoms with Crippen LogP contribution in [0.5, 0.6) is 0 Å². The molecule has 1 atom stereocenters. The minimum Gasteiger partial charge on any atom is -0.385 e. The molecule has 1 aromatic heterocycles. The van der Waals surface area contributed by atoms with E-state index in [1.165, 1.54) is 13.0 Å². The highest BCUT2D eigenvalue weighted by Gasteiger charge is 2.31. The molecule has 18 heavy (non-hydrogen) atoms. The minimum atomic E-state index is -4.38. The van der Waals surface area contributed by atoms with Crippen LogP contribution in [0.2, 0.25) is 0 Å². The monoisotopic (exact) mass is 258 g/mol. The molecular weight excluding hydrogens is 245 g/mol. The largest absolute Gasteiger partial charge is 0.416 e. The molecule has 1 aromatic carbocycles. The molecule has 0 amide bonds. The molecule has 1 heterocycles. The molecule has 0 aliphatic carbocycles. The first-order valence-corrected chi connectivity index (χ1v) is 5.60. The normalized spacial score (nSPS) is 14.1. The molecule has 0 saturated carbocycles. The maximum absolute atomic E-state index is 12.6. The van der Waals surface area contributed by atoms with Crippen molar-refractivity contribution in [2.45, 2.75) is 32.7 Å². The smallest absolute Gasteiger partial charge is 0.385 e. The van der Waals surface area contributed by atoms with Gasteiger partial charge in [0.1, 0.15) is 11.9 Å². The van der Waals surface area contributed by atoms with E-state index in [9.17, 15) is 18.3 Å². The van der Waals surface area contributed by atoms with Gasteiger partial charge in [-0.3, -0.25) is 0 Å². The van der Waals surface area contributed by atoms with Crippen molar-refractivity contribution in [3.8, 4) is 0 Å². The van der Waals surface area contributed by atoms with E-state index in [2.05, 4.69) is 4.98 Å². The van der Waals surface area contributed by atoms with Gasteiger partial charge in [-0.2, -0.15) is 13.2 Å². The Hall–Kier alpha value is -1.56. The summed E-state index contributed by atoms with van der Waals surface area (Å²) in [6.45, 7) is 3.94. The lowest BCUT2D eigenvalue weighted by atomic mass is 10.2. The number of aromatic nitrogens is 2. The summed E-state index contributed by atoms with van der Waals surface area (Å²) in [6.07, 6.45) is -5.19. The van der Waals surface area contributed by atoms with E-state index in [4.69, 9.17) is 0 Å². The number of benzene rings is 1. The van der Waals surface area contributed by atoms with Crippen molar-refractivity contribution in [1.82, 2.24) is 9.55 Å². The third-order valence-corrected chi connectivity index (χ3v) is 2.79. The summed E-state index contributed by atoms with van der Waals surface area (Å²) >= 11 is 0. The van der Waals surface area contributed by atoms with Crippen molar-refractivity contribution < 1.29 is 18.3 Å². The van der Waals surface area contributed by atoms with Gasteiger partial charge in [-0.05, 0) is 32.0 Å². The van der Waals surface area contributed by atoms with Gasteiger partial charge < -0.3 is 9.67 Å². The molecule has 0 saturated heterocycles. The van der Waals surface area contributed by atoms with Crippen LogP contribution in [0.15, 0.2) is 18.2 Å². The Bertz CT molecular complexity index is 572. The van der Waals surface area contributed by atoms with Gasteiger partial charge in [-0.25, -0.2) is 4.98 Å². The highest BCUT2D eigenvalue weighted by atomic mass is 19.4. The second-order valence-electron chi connectivity index (χ2n) is 4.09. The van der Waals surface area contributed by atoms with Crippen LogP contribution in [0.4, 0.5) is 13.2 Å². The zero-order chi connectivity index (χ0) is 13.5. The van der Waals surface area contributed by atoms with E-state index in [0.29, 0.717) is 17.9 Å². The van der Waals surface area contributed by atoms with Gasteiger partial charge in [-0.1, -0.05) is 0 Å². The quantitative estimate of drug-likeness (QED) is 0.898. The first kappa shape index (κ1) is 12.9. The maximum atomic E-state index is 12.6. The molecule has 0 unspecified atom stereocenters. The van der Waals surface area contributed by atoms with Gasteiger partial charge in [0.2, 0.25) is 0 Å². The van der Waals surface area contributed by atoms with Crippen molar-refractivity contribution in [1.29, 1.82) is 0 Å². The fraction of sp³-hybridized carbons (Fsp3) is 0.417. The van der Waals surface area contributed by atoms with Crippen LogP contribution in [-0.2, 0) is 12.7 Å². The van der Waals surface area contributed by atoms with Crippen LogP contribution in [0, 0.1) is 0 Å². The van der Waals surface area contributed by atoms with E-state index >= 15 is 0 Å². The molecule has 6 heteroatoms. The van der Waals surface area contributed by atoms with E-state index < -0.39 is 17.8 Å². The molecule has 2 aromatic rings. The van der Waals surface area contributed by atoms with Gasteiger partial charge in [-0.15, -0.1) is 0 Å². The van der Waals surface area contributed by atoms with Gasteiger partial charge in [0, 0.05) is 6.54 Å². The third-order valence-electron chi connectivity index (χ3n) is 2.79. The summed E-state index contributed by atoms with van der Waals surface area (Å²) in [5, 5.41) is 9.56. The molecular formula is C12H13F3N2O. The number of imidazole rings is 1. The maximum Gasteiger partial charge on any atom is 0.416 e. The molecule has 1 N–H and O–H groups in total. The number of alkyl halides is 3. The Morgan fingerprint density at radius 3 is 2.56 bits per heavy atom. The fourth-order valence-corrected chi connectivity index (χ4v) is 1.98. The summed E-state index contributed by atoms with van der Waals surface area (Å²) in [7, 11) is 0. The van der Waals surface area contributed by atoms with Crippen molar-refractivity contribution in [2.75, 3.05) is 0 Å². The average Bonchev–Trinajstić information content (AvgIpc) is 2.65. The van der Waals surface area contributed by atoms with Crippen LogP contribution in [0.1, 0.15) is 31.3 Å². The van der Waals surface area contributed by atoms with E-state index in [1.54, 1.807) is 4.57 Å². The number of aliphatic hydroxyl groups excluding tert-OH is 1. The molecule has 2 rings (SSSR count). The SMILES string of the molecule is CCn1c([C@H](C)O)nc2cc(C(F)(F)F)ccc21. The first-order valence-electron chi connectivity index (χ1n) is 5.60. The Morgan fingerprint density at radius 2 is 2.06 bits per heavy atom. The van der Waals surface area contributed by atoms with Crippen LogP contribution >= 0.6 is 0 Å². The number of hydrogen-bond acceptors (Lipinski definition) is 2. The topological polar surface area (TPSA) is 38.0 Å². The van der Waals surface area contributed by atoms with Crippen LogP contribution in [0.3, 0.4) is 0 Å². The fourth-order valence-electron chi connectivity index (χ4n) is 1.98. The Balaban J connectivity index is 2.66. The van der Waals surface area contributed by atoms with Gasteiger partial charge in [0.15, 0.2) is 0 Å². The average molecular weight is 258 g/mol. The number of aryl methyl sites for hydroxylation is 1. The molecule has 0 spiro atoms. The molecule has 98 valence electrons. The minimum absolute atomic E-state index is 0.252. The van der Waals surface area contributed by atoms with E-state index in [0.717, 1.165) is 12.1 Å². The second-order valence-corrected chi connectivity index (χ2v) is 4.09. The van der Waals surface area contributed by atoms with Crippen molar-refractivity contribution >= 4 is 11.0 Å². The lowest BCUT2D eigenvalue weighted by molar-refractivity contribution is -0.137. The first-order chi connectivity index (χ1) is 8.34. The molecule has 0 radical (unpaired) electrons. The zero-order valence-electron chi connectivity index (χ0n) is 9.99. The Kier molecular flexibility index (Phi) is 3.06. The summed E-state index contributed by atoms with van der Waals surface area (Å²) in [6, 6.07) is 3.43. The molecule has 0 bridgehead atoms. The second kappa shape index (κ2) is 4.28. The van der Waals surface area contributed by atoms with Gasteiger partial charge >= 0.3 is 6.18 Å². The molecule has 0 aliphatic heterocycles. The zero-order valence-corrected chi connectivity index (χ0v) is 9.99. The van der Waals surface area contributed by atoms with Crippen LogP contribution < -0.4 is 0 Å². The summed E-state index contributed by atoms with van der Waals surface area (Å²) < 4.78 is 39.4. The Labute approximate surface area is 102 Å². The summed E-state index contributed by atoms with van der Waals surface area (Å²) in [5.41, 5.74) is 0.122. The number of fused-ring (bicyclic) bond motifs is 1. The lowest BCUT2D eigenvalue weighted by Crippen LogP contribution is -2.05. The van der Waals surface area contributed by atoms with E-state index in [1.807, 2.05) is 6.92 Å². The lowest BCUT2D eigenvalue weighted by Gasteiger charge is -2.08. The summed E-state index contributed by atoms with van der Waals surface area (Å²) in [4.78, 5) is 4.07. The standard InChI is InChI=1S/C12H13F3N2O/c1-3-17-10-5-4-8(12(13,14)15)6-9(10)16-11(17)7(2)18/h4-7,18H,3H2,1-2H3/t7-/m0/s1. The third kappa shape index (κ3) is 2.08. The van der Waals surface area contributed by atoms with Crippen LogP contribution in [0.25, 0.3) is 11.0 Å². The molecule has 3 nitrogen and oxygen atoms in total. The molecule has 0 aliphatic rings. The number of aliphatic hydroxyl groups is 1. The number of nitrogens with zero attached hydrogens (tertiary/aromatic N) is 2. The van der Waals surface area contributed by atoms with Crippen molar-refractivity contribution in [2.24, 2.45) is 0 Å². The van der Waals surface area contributed by atoms with Gasteiger partial charge in [0.25, 0.3) is 0 Å². The summed E-state index contributed by atoms with van der Waals surface area (Å²) in [5.74, 6) is 0.381. The predicted octanol–water partition coefficient (Wildman–Crippen LogP) is 3.13. The van der Waals surface area contributed by atoms with Gasteiger partial charge in [0.05, 0.1) is 16.6 Å². The molecule has 0 fully saturated rings. The van der Waals surface area contributed by atoms with Crippen LogP contribution in [-0.4, -0.2) is 14.7 Å². The predicted molar refractivity (Wildman–Crippen MR) is 61.0 cm³/mol. The highest BCUT2D eigenvalue weighted by molar-refractivity contribution is 5.77.